The topological polar surface area (TPSA) is 25.8 Å². The van der Waals surface area contributed by atoms with E-state index in [1.54, 1.807) is 0 Å². The maximum Gasteiger partial charge on any atom is 0.161 e. The Hall–Kier alpha value is -8.20. The van der Waals surface area contributed by atoms with E-state index in [0.717, 1.165) is 50.0 Å². The van der Waals surface area contributed by atoms with E-state index in [1.165, 1.54) is 55.3 Å². The Morgan fingerprint density at radius 2 is 0.778 bits per heavy atom. The number of nitrogens with zero attached hydrogens (tertiary/aromatic N) is 2. The fraction of sp³-hybridized carbons (Fsp3) is 0.0164. The van der Waals surface area contributed by atoms with Gasteiger partial charge in [-0.3, -0.25) is 0 Å². The van der Waals surface area contributed by atoms with Crippen molar-refractivity contribution < 1.29 is 0 Å². The molecule has 0 aliphatic heterocycles. The molecule has 1 aromatic heterocycles. The lowest BCUT2D eigenvalue weighted by molar-refractivity contribution is 0.771. The Morgan fingerprint density at radius 1 is 0.302 bits per heavy atom. The normalized spacial score (nSPS) is 12.6. The van der Waals surface area contributed by atoms with Crippen LogP contribution in [0.4, 0.5) is 0 Å². The van der Waals surface area contributed by atoms with Crippen molar-refractivity contribution in [2.24, 2.45) is 0 Å². The van der Waals surface area contributed by atoms with Crippen LogP contribution >= 0.6 is 0 Å². The molecule has 294 valence electrons. The Balaban J connectivity index is 1.06. The first kappa shape index (κ1) is 36.6. The molecule has 1 aliphatic carbocycles. The molecule has 0 unspecified atom stereocenters. The SMILES string of the molecule is c1ccc(-c2cc(-c3ccccc3)nc(-c3ccc(-c4cccc(-c5cccc6c5C(c5ccccc5)(c5ccccc5)c5ccc7ccccc7c5-6)c4)c4ccccc34)n2)cc1. The zero-order valence-corrected chi connectivity index (χ0v) is 34.5. The smallest absolute Gasteiger partial charge is 0.161 e. The van der Waals surface area contributed by atoms with Gasteiger partial charge in [-0.05, 0) is 95.4 Å². The average molecular weight is 801 g/mol. The lowest BCUT2D eigenvalue weighted by Gasteiger charge is -2.35. The number of rotatable bonds is 7. The van der Waals surface area contributed by atoms with E-state index in [-0.39, 0.29) is 0 Å². The van der Waals surface area contributed by atoms with Crippen LogP contribution in [0.15, 0.2) is 243 Å². The Morgan fingerprint density at radius 3 is 1.41 bits per heavy atom. The number of hydrogen-bond acceptors (Lipinski definition) is 2. The largest absolute Gasteiger partial charge is 0.228 e. The summed E-state index contributed by atoms with van der Waals surface area (Å²) in [5.74, 6) is 0.705. The van der Waals surface area contributed by atoms with E-state index in [1.807, 2.05) is 12.1 Å². The molecule has 10 aromatic carbocycles. The van der Waals surface area contributed by atoms with Crippen LogP contribution in [0.3, 0.4) is 0 Å². The summed E-state index contributed by atoms with van der Waals surface area (Å²) in [5.41, 5.74) is 16.8. The van der Waals surface area contributed by atoms with Crippen molar-refractivity contribution in [2.45, 2.75) is 5.41 Å². The molecule has 0 N–H and O–H groups in total. The second kappa shape index (κ2) is 15.1. The van der Waals surface area contributed by atoms with E-state index in [0.29, 0.717) is 5.82 Å². The molecular formula is C61H40N2. The number of fused-ring (bicyclic) bond motifs is 6. The first-order valence-electron chi connectivity index (χ1n) is 21.7. The van der Waals surface area contributed by atoms with Gasteiger partial charge in [0.05, 0.1) is 16.8 Å². The first-order chi connectivity index (χ1) is 31.3. The number of hydrogen-bond donors (Lipinski definition) is 0. The van der Waals surface area contributed by atoms with Gasteiger partial charge in [0.15, 0.2) is 5.82 Å². The van der Waals surface area contributed by atoms with Crippen molar-refractivity contribution in [1.82, 2.24) is 9.97 Å². The molecule has 63 heavy (non-hydrogen) atoms. The lowest BCUT2D eigenvalue weighted by Crippen LogP contribution is -2.29. The minimum Gasteiger partial charge on any atom is -0.228 e. The van der Waals surface area contributed by atoms with Crippen LogP contribution in [0.25, 0.3) is 88.8 Å². The maximum absolute atomic E-state index is 5.23. The van der Waals surface area contributed by atoms with Crippen LogP contribution in [-0.4, -0.2) is 9.97 Å². The molecule has 0 bridgehead atoms. The zero-order valence-electron chi connectivity index (χ0n) is 34.5. The third-order valence-electron chi connectivity index (χ3n) is 13.0. The molecule has 0 radical (unpaired) electrons. The summed E-state index contributed by atoms with van der Waals surface area (Å²) in [6.45, 7) is 0. The highest BCUT2D eigenvalue weighted by Crippen LogP contribution is 2.60. The molecule has 0 saturated carbocycles. The van der Waals surface area contributed by atoms with Crippen molar-refractivity contribution in [2.75, 3.05) is 0 Å². The van der Waals surface area contributed by atoms with Crippen molar-refractivity contribution in [3.8, 4) is 67.3 Å². The minimum atomic E-state index is -0.551. The molecule has 0 saturated heterocycles. The Bertz CT molecular complexity index is 3390. The van der Waals surface area contributed by atoms with E-state index >= 15 is 0 Å². The van der Waals surface area contributed by atoms with Crippen molar-refractivity contribution in [1.29, 1.82) is 0 Å². The Labute approximate surface area is 367 Å². The second-order valence-corrected chi connectivity index (χ2v) is 16.4. The average Bonchev–Trinajstić information content (AvgIpc) is 3.69. The molecule has 1 aliphatic rings. The minimum absolute atomic E-state index is 0.551. The highest BCUT2D eigenvalue weighted by molar-refractivity contribution is 6.07. The molecule has 0 spiro atoms. The molecule has 0 atom stereocenters. The van der Waals surface area contributed by atoms with Gasteiger partial charge in [-0.1, -0.05) is 224 Å². The van der Waals surface area contributed by atoms with E-state index in [4.69, 9.17) is 9.97 Å². The molecule has 2 heteroatoms. The standard InChI is InChI=1S/C61H40N2/c1-5-20-42(21-6-1)56-40-57(43-22-7-2-8-23-43)63-60(62-56)53-37-36-48(51-31-15-16-32-52(51)53)44-24-17-25-45(39-44)50-33-18-34-54-58-49-30-14-13-19-41(49)35-38-55(58)61(59(50)54,46-26-9-3-10-27-46)47-28-11-4-12-29-47/h1-40H. The van der Waals surface area contributed by atoms with Crippen LogP contribution in [-0.2, 0) is 5.41 Å². The molecule has 11 aromatic rings. The van der Waals surface area contributed by atoms with Gasteiger partial charge in [0.25, 0.3) is 0 Å². The van der Waals surface area contributed by atoms with Gasteiger partial charge in [-0.2, -0.15) is 0 Å². The van der Waals surface area contributed by atoms with Crippen LogP contribution < -0.4 is 0 Å². The monoisotopic (exact) mass is 800 g/mol. The van der Waals surface area contributed by atoms with E-state index in [9.17, 15) is 0 Å². The summed E-state index contributed by atoms with van der Waals surface area (Å²) < 4.78 is 0. The summed E-state index contributed by atoms with van der Waals surface area (Å²) in [6.07, 6.45) is 0. The van der Waals surface area contributed by atoms with Gasteiger partial charge in [-0.25, -0.2) is 9.97 Å². The molecule has 0 amide bonds. The third-order valence-corrected chi connectivity index (χ3v) is 13.0. The molecule has 0 fully saturated rings. The summed E-state index contributed by atoms with van der Waals surface area (Å²) in [7, 11) is 0. The molecule has 1 heterocycles. The fourth-order valence-electron chi connectivity index (χ4n) is 10.2. The predicted molar refractivity (Wildman–Crippen MR) is 262 cm³/mol. The Kier molecular flexibility index (Phi) is 8.76. The molecule has 12 rings (SSSR count). The van der Waals surface area contributed by atoms with Gasteiger partial charge in [0.1, 0.15) is 0 Å². The van der Waals surface area contributed by atoms with Crippen molar-refractivity contribution in [3.63, 3.8) is 0 Å². The fourth-order valence-corrected chi connectivity index (χ4v) is 10.2. The van der Waals surface area contributed by atoms with Gasteiger partial charge in [-0.15, -0.1) is 0 Å². The highest BCUT2D eigenvalue weighted by Gasteiger charge is 2.48. The van der Waals surface area contributed by atoms with Crippen LogP contribution in [0.5, 0.6) is 0 Å². The van der Waals surface area contributed by atoms with Gasteiger partial charge in [0.2, 0.25) is 0 Å². The molecule has 2 nitrogen and oxygen atoms in total. The molecular weight excluding hydrogens is 761 g/mol. The summed E-state index contributed by atoms with van der Waals surface area (Å²) >= 11 is 0. The van der Waals surface area contributed by atoms with E-state index < -0.39 is 5.41 Å². The highest BCUT2D eigenvalue weighted by atomic mass is 14.9. The van der Waals surface area contributed by atoms with Crippen LogP contribution in [0, 0.1) is 0 Å². The van der Waals surface area contributed by atoms with Crippen LogP contribution in [0.1, 0.15) is 22.3 Å². The van der Waals surface area contributed by atoms with Crippen molar-refractivity contribution >= 4 is 21.5 Å². The number of benzene rings is 10. The summed E-state index contributed by atoms with van der Waals surface area (Å²) in [5, 5.41) is 4.79. The number of aromatic nitrogens is 2. The predicted octanol–water partition coefficient (Wildman–Crippen LogP) is 15.5. The second-order valence-electron chi connectivity index (χ2n) is 16.4. The van der Waals surface area contributed by atoms with Gasteiger partial charge >= 0.3 is 0 Å². The maximum atomic E-state index is 5.23. The summed E-state index contributed by atoms with van der Waals surface area (Å²) in [6, 6.07) is 87.8. The van der Waals surface area contributed by atoms with E-state index in [2.05, 4.69) is 231 Å². The summed E-state index contributed by atoms with van der Waals surface area (Å²) in [4.78, 5) is 10.5. The zero-order chi connectivity index (χ0) is 41.7. The van der Waals surface area contributed by atoms with Crippen LogP contribution in [0.2, 0.25) is 0 Å². The van der Waals surface area contributed by atoms with Gasteiger partial charge in [0, 0.05) is 16.7 Å². The lowest BCUT2D eigenvalue weighted by atomic mass is 9.66. The third kappa shape index (κ3) is 5.95. The quantitative estimate of drug-likeness (QED) is 0.160. The van der Waals surface area contributed by atoms with Crippen molar-refractivity contribution in [3.05, 3.63) is 265 Å². The van der Waals surface area contributed by atoms with Gasteiger partial charge < -0.3 is 0 Å². The first-order valence-corrected chi connectivity index (χ1v) is 21.7.